The average Bonchev–Trinajstić information content (AvgIpc) is 2.87. The Hall–Kier alpha value is -1.88. The van der Waals surface area contributed by atoms with E-state index < -0.39 is 0 Å². The SMILES string of the molecule is CNC(=O)Cc1ccccc1NC(=O)C1CNCC1C. The second-order valence-electron chi connectivity index (χ2n) is 5.24. The monoisotopic (exact) mass is 275 g/mol. The van der Waals surface area contributed by atoms with Gasteiger partial charge in [0.05, 0.1) is 12.3 Å². The maximum Gasteiger partial charge on any atom is 0.229 e. The zero-order valence-electron chi connectivity index (χ0n) is 11.9. The summed E-state index contributed by atoms with van der Waals surface area (Å²) < 4.78 is 0. The van der Waals surface area contributed by atoms with Gasteiger partial charge in [-0.25, -0.2) is 0 Å². The fourth-order valence-corrected chi connectivity index (χ4v) is 2.44. The molecule has 0 radical (unpaired) electrons. The van der Waals surface area contributed by atoms with Crippen molar-refractivity contribution >= 4 is 17.5 Å². The van der Waals surface area contributed by atoms with Gasteiger partial charge in [0.1, 0.15) is 0 Å². The Morgan fingerprint density at radius 3 is 2.70 bits per heavy atom. The van der Waals surface area contributed by atoms with Gasteiger partial charge < -0.3 is 16.0 Å². The van der Waals surface area contributed by atoms with Crippen LogP contribution in [0, 0.1) is 11.8 Å². The van der Waals surface area contributed by atoms with E-state index in [1.807, 2.05) is 24.3 Å². The molecule has 3 N–H and O–H groups in total. The molecule has 20 heavy (non-hydrogen) atoms. The molecule has 2 amide bonds. The van der Waals surface area contributed by atoms with E-state index in [2.05, 4.69) is 22.9 Å². The number of anilines is 1. The summed E-state index contributed by atoms with van der Waals surface area (Å²) in [6.45, 7) is 3.66. The molecule has 2 atom stereocenters. The van der Waals surface area contributed by atoms with Gasteiger partial charge in [-0.1, -0.05) is 25.1 Å². The first-order chi connectivity index (χ1) is 9.61. The van der Waals surface area contributed by atoms with Gasteiger partial charge in [0, 0.05) is 19.3 Å². The van der Waals surface area contributed by atoms with Crippen molar-refractivity contribution in [1.82, 2.24) is 10.6 Å². The largest absolute Gasteiger partial charge is 0.359 e. The van der Waals surface area contributed by atoms with Crippen LogP contribution in [0.3, 0.4) is 0 Å². The molecule has 5 heteroatoms. The fourth-order valence-electron chi connectivity index (χ4n) is 2.44. The Morgan fingerprint density at radius 1 is 1.30 bits per heavy atom. The lowest BCUT2D eigenvalue weighted by molar-refractivity contribution is -0.121. The minimum absolute atomic E-state index is 0.0111. The molecule has 1 aromatic rings. The second kappa shape index (κ2) is 6.52. The first kappa shape index (κ1) is 14.5. The van der Waals surface area contributed by atoms with Gasteiger partial charge in [-0.3, -0.25) is 9.59 Å². The molecule has 2 rings (SSSR count). The van der Waals surface area contributed by atoms with Crippen molar-refractivity contribution in [3.8, 4) is 0 Å². The topological polar surface area (TPSA) is 70.2 Å². The third-order valence-corrected chi connectivity index (χ3v) is 3.76. The van der Waals surface area contributed by atoms with Gasteiger partial charge in [0.15, 0.2) is 0 Å². The summed E-state index contributed by atoms with van der Waals surface area (Å²) in [4.78, 5) is 23.8. The van der Waals surface area contributed by atoms with Crippen molar-refractivity contribution in [2.75, 3.05) is 25.5 Å². The van der Waals surface area contributed by atoms with Gasteiger partial charge in [-0.15, -0.1) is 0 Å². The Labute approximate surface area is 119 Å². The Kier molecular flexibility index (Phi) is 4.74. The number of rotatable bonds is 4. The number of hydrogen-bond donors (Lipinski definition) is 3. The summed E-state index contributed by atoms with van der Waals surface area (Å²) in [7, 11) is 1.61. The summed E-state index contributed by atoms with van der Waals surface area (Å²) in [5.74, 6) is 0.276. The zero-order chi connectivity index (χ0) is 14.5. The molecular formula is C15H21N3O2. The standard InChI is InChI=1S/C15H21N3O2/c1-10-8-17-9-12(10)15(20)18-13-6-4-3-5-11(13)7-14(19)16-2/h3-6,10,12,17H,7-9H2,1-2H3,(H,16,19)(H,18,20). The zero-order valence-corrected chi connectivity index (χ0v) is 11.9. The molecule has 1 saturated heterocycles. The highest BCUT2D eigenvalue weighted by molar-refractivity contribution is 5.94. The number of para-hydroxylation sites is 1. The molecule has 0 aliphatic carbocycles. The normalized spacial score (nSPS) is 21.5. The maximum absolute atomic E-state index is 12.3. The number of hydrogen-bond acceptors (Lipinski definition) is 3. The highest BCUT2D eigenvalue weighted by Gasteiger charge is 2.29. The Morgan fingerprint density at radius 2 is 2.05 bits per heavy atom. The summed E-state index contributed by atoms with van der Waals surface area (Å²) in [5, 5.41) is 8.77. The minimum Gasteiger partial charge on any atom is -0.359 e. The van der Waals surface area contributed by atoms with Crippen molar-refractivity contribution in [1.29, 1.82) is 0 Å². The predicted octanol–water partition coefficient (Wildman–Crippen LogP) is 0.769. The molecule has 1 fully saturated rings. The lowest BCUT2D eigenvalue weighted by atomic mass is 9.97. The average molecular weight is 275 g/mol. The minimum atomic E-state index is -0.0670. The second-order valence-corrected chi connectivity index (χ2v) is 5.24. The lowest BCUT2D eigenvalue weighted by Gasteiger charge is -2.16. The highest BCUT2D eigenvalue weighted by Crippen LogP contribution is 2.21. The third-order valence-electron chi connectivity index (χ3n) is 3.76. The molecule has 1 heterocycles. The predicted molar refractivity (Wildman–Crippen MR) is 78.4 cm³/mol. The number of nitrogens with one attached hydrogen (secondary N) is 3. The molecule has 1 aromatic carbocycles. The number of carbonyl (C=O) groups is 2. The third kappa shape index (κ3) is 3.36. The summed E-state index contributed by atoms with van der Waals surface area (Å²) in [5.41, 5.74) is 1.55. The van der Waals surface area contributed by atoms with E-state index in [4.69, 9.17) is 0 Å². The van der Waals surface area contributed by atoms with Crippen molar-refractivity contribution in [3.63, 3.8) is 0 Å². The van der Waals surface area contributed by atoms with E-state index in [9.17, 15) is 9.59 Å². The van der Waals surface area contributed by atoms with E-state index in [0.717, 1.165) is 17.8 Å². The van der Waals surface area contributed by atoms with Gasteiger partial charge in [0.2, 0.25) is 11.8 Å². The molecular weight excluding hydrogens is 254 g/mol. The quantitative estimate of drug-likeness (QED) is 0.760. The summed E-state index contributed by atoms with van der Waals surface area (Å²) in [6, 6.07) is 7.43. The molecule has 108 valence electrons. The van der Waals surface area contributed by atoms with Crippen LogP contribution >= 0.6 is 0 Å². The molecule has 1 aliphatic heterocycles. The molecule has 5 nitrogen and oxygen atoms in total. The number of benzene rings is 1. The Bertz CT molecular complexity index is 502. The van der Waals surface area contributed by atoms with E-state index in [1.165, 1.54) is 0 Å². The van der Waals surface area contributed by atoms with Gasteiger partial charge >= 0.3 is 0 Å². The molecule has 0 aromatic heterocycles. The number of carbonyl (C=O) groups excluding carboxylic acids is 2. The van der Waals surface area contributed by atoms with Crippen molar-refractivity contribution in [2.45, 2.75) is 13.3 Å². The molecule has 0 saturated carbocycles. The number of amides is 2. The van der Waals surface area contributed by atoms with Crippen molar-refractivity contribution < 1.29 is 9.59 Å². The van der Waals surface area contributed by atoms with Crippen molar-refractivity contribution in [3.05, 3.63) is 29.8 Å². The first-order valence-corrected chi connectivity index (χ1v) is 6.92. The van der Waals surface area contributed by atoms with Crippen molar-refractivity contribution in [2.24, 2.45) is 11.8 Å². The van der Waals surface area contributed by atoms with E-state index in [1.54, 1.807) is 7.05 Å². The molecule has 1 aliphatic rings. The molecule has 0 spiro atoms. The Balaban J connectivity index is 2.08. The molecule has 2 unspecified atom stereocenters. The molecule has 0 bridgehead atoms. The highest BCUT2D eigenvalue weighted by atomic mass is 16.2. The van der Waals surface area contributed by atoms with Crippen LogP contribution in [-0.2, 0) is 16.0 Å². The summed E-state index contributed by atoms with van der Waals surface area (Å²) >= 11 is 0. The van der Waals surface area contributed by atoms with Crippen LogP contribution in [0.25, 0.3) is 0 Å². The lowest BCUT2D eigenvalue weighted by Crippen LogP contribution is -2.28. The smallest absolute Gasteiger partial charge is 0.229 e. The van der Waals surface area contributed by atoms with E-state index in [-0.39, 0.29) is 24.2 Å². The van der Waals surface area contributed by atoms with Crippen LogP contribution in [0.15, 0.2) is 24.3 Å². The van der Waals surface area contributed by atoms with E-state index >= 15 is 0 Å². The van der Waals surface area contributed by atoms with Gasteiger partial charge in [-0.05, 0) is 24.1 Å². The van der Waals surface area contributed by atoms with Crippen LogP contribution in [0.4, 0.5) is 5.69 Å². The first-order valence-electron chi connectivity index (χ1n) is 6.92. The number of likely N-dealkylation sites (N-methyl/N-ethyl adjacent to an activating group) is 1. The van der Waals surface area contributed by atoms with E-state index in [0.29, 0.717) is 12.5 Å². The van der Waals surface area contributed by atoms with Crippen LogP contribution in [-0.4, -0.2) is 32.0 Å². The van der Waals surface area contributed by atoms with Crippen LogP contribution in [0.1, 0.15) is 12.5 Å². The van der Waals surface area contributed by atoms with Gasteiger partial charge in [0.25, 0.3) is 0 Å². The van der Waals surface area contributed by atoms with Gasteiger partial charge in [-0.2, -0.15) is 0 Å². The van der Waals surface area contributed by atoms with Crippen LogP contribution in [0.2, 0.25) is 0 Å². The summed E-state index contributed by atoms with van der Waals surface area (Å²) in [6.07, 6.45) is 0.269. The maximum atomic E-state index is 12.3. The van der Waals surface area contributed by atoms with Crippen LogP contribution < -0.4 is 16.0 Å². The fraction of sp³-hybridized carbons (Fsp3) is 0.467. The van der Waals surface area contributed by atoms with Crippen LogP contribution in [0.5, 0.6) is 0 Å².